The van der Waals surface area contributed by atoms with E-state index in [9.17, 15) is 5.11 Å². The molecule has 0 atom stereocenters. The summed E-state index contributed by atoms with van der Waals surface area (Å²) in [5, 5.41) is 9.61. The first kappa shape index (κ1) is 11.1. The zero-order valence-electron chi connectivity index (χ0n) is 8.57. The van der Waals surface area contributed by atoms with Crippen molar-refractivity contribution in [1.82, 2.24) is 5.43 Å². The number of para-hydroxylation sites is 1. The number of phenolic OH excluding ortho intramolecular Hbond substituents is 1. The fraction of sp³-hybridized carbons (Fsp3) is 0.0909. The van der Waals surface area contributed by atoms with E-state index in [2.05, 4.69) is 5.43 Å². The standard InChI is InChI=1S/C11H15N3O/c1-8(7-12)6-10(14-13)9-4-2-3-5-11(9)15/h2-7,14-15H,12-13H2,1H3/b8-7-,10-6-. The lowest BCUT2D eigenvalue weighted by Gasteiger charge is -2.08. The van der Waals surface area contributed by atoms with Gasteiger partial charge >= 0.3 is 0 Å². The molecule has 0 aliphatic heterocycles. The number of nitrogens with two attached hydrogens (primary N) is 2. The topological polar surface area (TPSA) is 84.3 Å². The predicted octanol–water partition coefficient (Wildman–Crippen LogP) is 1.06. The number of rotatable bonds is 3. The average molecular weight is 205 g/mol. The van der Waals surface area contributed by atoms with Gasteiger partial charge in [-0.2, -0.15) is 0 Å². The van der Waals surface area contributed by atoms with Gasteiger partial charge in [0, 0.05) is 5.56 Å². The highest BCUT2D eigenvalue weighted by Gasteiger charge is 2.04. The van der Waals surface area contributed by atoms with Crippen molar-refractivity contribution in [3.63, 3.8) is 0 Å². The molecule has 0 saturated heterocycles. The van der Waals surface area contributed by atoms with Crippen LogP contribution in [0.25, 0.3) is 5.70 Å². The van der Waals surface area contributed by atoms with E-state index in [0.717, 1.165) is 5.57 Å². The third-order valence-corrected chi connectivity index (χ3v) is 1.98. The van der Waals surface area contributed by atoms with Crippen molar-refractivity contribution in [3.8, 4) is 5.75 Å². The van der Waals surface area contributed by atoms with Crippen molar-refractivity contribution in [2.75, 3.05) is 0 Å². The quantitative estimate of drug-likeness (QED) is 0.338. The fourth-order valence-electron chi connectivity index (χ4n) is 1.17. The molecule has 0 heterocycles. The van der Waals surface area contributed by atoms with Crippen molar-refractivity contribution in [2.45, 2.75) is 6.92 Å². The number of hydrogen-bond acceptors (Lipinski definition) is 4. The Morgan fingerprint density at radius 3 is 2.60 bits per heavy atom. The Bertz CT molecular complexity index is 397. The Labute approximate surface area is 88.9 Å². The van der Waals surface area contributed by atoms with Gasteiger partial charge in [-0.3, -0.25) is 5.84 Å². The van der Waals surface area contributed by atoms with Gasteiger partial charge in [0.1, 0.15) is 5.75 Å². The normalized spacial score (nSPS) is 12.7. The Morgan fingerprint density at radius 1 is 1.40 bits per heavy atom. The van der Waals surface area contributed by atoms with Gasteiger partial charge < -0.3 is 16.3 Å². The second-order valence-corrected chi connectivity index (χ2v) is 3.13. The van der Waals surface area contributed by atoms with Crippen LogP contribution in [0, 0.1) is 0 Å². The highest BCUT2D eigenvalue weighted by molar-refractivity contribution is 5.70. The van der Waals surface area contributed by atoms with Crippen LogP contribution in [0.4, 0.5) is 0 Å². The summed E-state index contributed by atoms with van der Waals surface area (Å²) in [5.41, 5.74) is 9.99. The van der Waals surface area contributed by atoms with E-state index >= 15 is 0 Å². The Balaban J connectivity index is 3.14. The first-order valence-corrected chi connectivity index (χ1v) is 4.54. The molecule has 1 aromatic carbocycles. The number of allylic oxidation sites excluding steroid dienone is 2. The molecule has 4 heteroatoms. The molecule has 0 fully saturated rings. The molecule has 4 nitrogen and oxygen atoms in total. The molecule has 0 unspecified atom stereocenters. The number of hydrogen-bond donors (Lipinski definition) is 4. The van der Waals surface area contributed by atoms with Crippen molar-refractivity contribution < 1.29 is 5.11 Å². The third kappa shape index (κ3) is 2.75. The minimum absolute atomic E-state index is 0.173. The maximum atomic E-state index is 9.61. The number of benzene rings is 1. The molecular weight excluding hydrogens is 190 g/mol. The van der Waals surface area contributed by atoms with Crippen LogP contribution in [0.5, 0.6) is 5.75 Å². The molecule has 0 aromatic heterocycles. The van der Waals surface area contributed by atoms with Crippen LogP contribution >= 0.6 is 0 Å². The zero-order valence-corrected chi connectivity index (χ0v) is 8.57. The molecule has 1 rings (SSSR count). The van der Waals surface area contributed by atoms with Crippen LogP contribution in [0.3, 0.4) is 0 Å². The van der Waals surface area contributed by atoms with E-state index in [0.29, 0.717) is 11.3 Å². The Morgan fingerprint density at radius 2 is 2.07 bits per heavy atom. The molecule has 0 aliphatic carbocycles. The summed E-state index contributed by atoms with van der Waals surface area (Å²) in [7, 11) is 0. The van der Waals surface area contributed by atoms with Gasteiger partial charge in [0.2, 0.25) is 0 Å². The van der Waals surface area contributed by atoms with Crippen LogP contribution in [0.2, 0.25) is 0 Å². The minimum atomic E-state index is 0.173. The molecule has 1 aromatic rings. The smallest absolute Gasteiger partial charge is 0.124 e. The SMILES string of the molecule is CC(=C/N)/C=C(\NN)c1ccccc1O. The molecule has 15 heavy (non-hydrogen) atoms. The number of hydrazine groups is 1. The van der Waals surface area contributed by atoms with Crippen LogP contribution in [-0.2, 0) is 0 Å². The first-order valence-electron chi connectivity index (χ1n) is 4.54. The van der Waals surface area contributed by atoms with E-state index in [-0.39, 0.29) is 5.75 Å². The minimum Gasteiger partial charge on any atom is -0.507 e. The van der Waals surface area contributed by atoms with Gasteiger partial charge in [-0.1, -0.05) is 12.1 Å². The lowest BCUT2D eigenvalue weighted by molar-refractivity contribution is 0.473. The molecular formula is C11H15N3O. The summed E-state index contributed by atoms with van der Waals surface area (Å²) >= 11 is 0. The monoisotopic (exact) mass is 205 g/mol. The third-order valence-electron chi connectivity index (χ3n) is 1.98. The summed E-state index contributed by atoms with van der Waals surface area (Å²) < 4.78 is 0. The van der Waals surface area contributed by atoms with Gasteiger partial charge in [-0.05, 0) is 36.9 Å². The maximum Gasteiger partial charge on any atom is 0.124 e. The van der Waals surface area contributed by atoms with Crippen LogP contribution < -0.4 is 17.0 Å². The summed E-state index contributed by atoms with van der Waals surface area (Å²) in [5.74, 6) is 5.55. The van der Waals surface area contributed by atoms with Crippen molar-refractivity contribution >= 4 is 5.70 Å². The van der Waals surface area contributed by atoms with Crippen molar-refractivity contribution in [2.24, 2.45) is 11.6 Å². The van der Waals surface area contributed by atoms with Crippen molar-refractivity contribution in [3.05, 3.63) is 47.7 Å². The van der Waals surface area contributed by atoms with Gasteiger partial charge in [0.15, 0.2) is 0 Å². The maximum absolute atomic E-state index is 9.61. The lowest BCUT2D eigenvalue weighted by Crippen LogP contribution is -2.20. The summed E-state index contributed by atoms with van der Waals surface area (Å²) in [6, 6.07) is 6.94. The lowest BCUT2D eigenvalue weighted by atomic mass is 10.1. The molecule has 0 amide bonds. The van der Waals surface area contributed by atoms with Crippen LogP contribution in [0.15, 0.2) is 42.1 Å². The number of aromatic hydroxyl groups is 1. The number of phenols is 1. The highest BCUT2D eigenvalue weighted by Crippen LogP contribution is 2.22. The molecule has 0 aliphatic rings. The highest BCUT2D eigenvalue weighted by atomic mass is 16.3. The van der Waals surface area contributed by atoms with E-state index in [1.807, 2.05) is 13.0 Å². The molecule has 80 valence electrons. The largest absolute Gasteiger partial charge is 0.507 e. The molecule has 0 saturated carbocycles. The summed E-state index contributed by atoms with van der Waals surface area (Å²) in [6.07, 6.45) is 3.23. The van der Waals surface area contributed by atoms with E-state index in [1.54, 1.807) is 24.3 Å². The first-order chi connectivity index (χ1) is 7.19. The predicted molar refractivity (Wildman–Crippen MR) is 61.4 cm³/mol. The van der Waals surface area contributed by atoms with Crippen LogP contribution in [-0.4, -0.2) is 5.11 Å². The fourth-order valence-corrected chi connectivity index (χ4v) is 1.17. The van der Waals surface area contributed by atoms with E-state index < -0.39 is 0 Å². The summed E-state index contributed by atoms with van der Waals surface area (Å²) in [6.45, 7) is 1.84. The molecule has 0 bridgehead atoms. The van der Waals surface area contributed by atoms with Gasteiger partial charge in [0.05, 0.1) is 5.70 Å². The second kappa shape index (κ2) is 5.07. The van der Waals surface area contributed by atoms with Gasteiger partial charge in [-0.25, -0.2) is 0 Å². The molecule has 0 radical (unpaired) electrons. The Kier molecular flexibility index (Phi) is 3.76. The van der Waals surface area contributed by atoms with E-state index in [4.69, 9.17) is 11.6 Å². The number of nitrogens with one attached hydrogen (secondary N) is 1. The average Bonchev–Trinajstić information content (AvgIpc) is 2.26. The Hall–Kier alpha value is -1.94. The molecule has 0 spiro atoms. The van der Waals surface area contributed by atoms with Gasteiger partial charge in [-0.15, -0.1) is 0 Å². The van der Waals surface area contributed by atoms with E-state index in [1.165, 1.54) is 6.20 Å². The van der Waals surface area contributed by atoms with Gasteiger partial charge in [0.25, 0.3) is 0 Å². The summed E-state index contributed by atoms with van der Waals surface area (Å²) in [4.78, 5) is 0. The molecule has 6 N–H and O–H groups in total. The van der Waals surface area contributed by atoms with Crippen molar-refractivity contribution in [1.29, 1.82) is 0 Å². The zero-order chi connectivity index (χ0) is 11.3. The van der Waals surface area contributed by atoms with Crippen LogP contribution in [0.1, 0.15) is 12.5 Å². The second-order valence-electron chi connectivity index (χ2n) is 3.13.